The van der Waals surface area contributed by atoms with E-state index in [1.165, 1.54) is 33.3 Å². The van der Waals surface area contributed by atoms with Crippen LogP contribution in [0.15, 0.2) is 54.7 Å². The first kappa shape index (κ1) is 27.0. The van der Waals surface area contributed by atoms with E-state index in [0.29, 0.717) is 17.8 Å². The molecular weight excluding hydrogens is 481 g/mol. The molecule has 0 saturated carbocycles. The summed E-state index contributed by atoms with van der Waals surface area (Å²) in [7, 11) is 0. The number of benzene rings is 2. The number of aromatic nitrogens is 2. The van der Waals surface area contributed by atoms with Gasteiger partial charge in [0.05, 0.1) is 12.3 Å². The van der Waals surface area contributed by atoms with Gasteiger partial charge in [0.1, 0.15) is 5.75 Å². The van der Waals surface area contributed by atoms with Gasteiger partial charge >= 0.3 is 0 Å². The van der Waals surface area contributed by atoms with E-state index < -0.39 is 0 Å². The zero-order valence-corrected chi connectivity index (χ0v) is 21.8. The highest BCUT2D eigenvalue weighted by Gasteiger charge is 2.25. The molecule has 0 amide bonds. The summed E-state index contributed by atoms with van der Waals surface area (Å²) in [5, 5.41) is 21.7. The van der Waals surface area contributed by atoms with Gasteiger partial charge in [-0.15, -0.1) is 24.8 Å². The number of hydrogen-bond donors (Lipinski definition) is 2. The summed E-state index contributed by atoms with van der Waals surface area (Å²) in [6.45, 7) is 7.16. The predicted octanol–water partition coefficient (Wildman–Crippen LogP) is 5.50. The Balaban J connectivity index is 0.00000171. The molecule has 186 valence electrons. The van der Waals surface area contributed by atoms with Gasteiger partial charge in [-0.05, 0) is 43.5 Å². The van der Waals surface area contributed by atoms with E-state index in [2.05, 4.69) is 69.9 Å². The average molecular weight is 514 g/mol. The molecule has 2 N–H and O–H groups in total. The van der Waals surface area contributed by atoms with E-state index in [4.69, 9.17) is 0 Å². The van der Waals surface area contributed by atoms with Crippen LogP contribution in [0.3, 0.4) is 0 Å². The Labute approximate surface area is 219 Å². The monoisotopic (exact) mass is 513 g/mol. The zero-order chi connectivity index (χ0) is 22.9. The summed E-state index contributed by atoms with van der Waals surface area (Å²) >= 11 is 0. The molecule has 35 heavy (non-hydrogen) atoms. The average Bonchev–Trinajstić information content (AvgIpc) is 3.13. The van der Waals surface area contributed by atoms with Crippen LogP contribution in [0.1, 0.15) is 39.2 Å². The lowest BCUT2D eigenvalue weighted by molar-refractivity contribution is 0.233. The second-order valence-electron chi connectivity index (χ2n) is 9.15. The molecule has 3 heterocycles. The molecule has 1 aliphatic rings. The van der Waals surface area contributed by atoms with Gasteiger partial charge < -0.3 is 14.8 Å². The lowest BCUT2D eigenvalue weighted by atomic mass is 10.0. The van der Waals surface area contributed by atoms with Crippen molar-refractivity contribution in [1.82, 2.24) is 14.5 Å². The first-order valence-corrected chi connectivity index (χ1v) is 11.7. The number of aromatic hydroxyl groups is 1. The maximum absolute atomic E-state index is 10.6. The number of aliphatic hydroxyl groups is 1. The largest absolute Gasteiger partial charge is 0.506 e. The molecule has 0 aliphatic carbocycles. The van der Waals surface area contributed by atoms with E-state index in [1.807, 2.05) is 0 Å². The van der Waals surface area contributed by atoms with Gasteiger partial charge in [0.15, 0.2) is 0 Å². The van der Waals surface area contributed by atoms with Gasteiger partial charge in [0, 0.05) is 66.5 Å². The molecule has 0 fully saturated rings. The molecule has 0 atom stereocenters. The second kappa shape index (κ2) is 11.4. The highest BCUT2D eigenvalue weighted by atomic mass is 35.5. The normalized spacial score (nSPS) is 13.2. The molecule has 5 rings (SSSR count). The van der Waals surface area contributed by atoms with Crippen LogP contribution in [-0.4, -0.2) is 31.2 Å². The molecule has 0 spiro atoms. The summed E-state index contributed by atoms with van der Waals surface area (Å²) < 4.78 is 2.52. The molecule has 4 aromatic rings. The first-order valence-electron chi connectivity index (χ1n) is 11.7. The van der Waals surface area contributed by atoms with Gasteiger partial charge in [-0.1, -0.05) is 42.0 Å². The van der Waals surface area contributed by atoms with E-state index in [9.17, 15) is 10.2 Å². The van der Waals surface area contributed by atoms with Crippen LogP contribution in [-0.2, 0) is 39.1 Å². The van der Waals surface area contributed by atoms with Crippen molar-refractivity contribution in [2.75, 3.05) is 6.54 Å². The van der Waals surface area contributed by atoms with Crippen LogP contribution in [0.4, 0.5) is 0 Å². The van der Waals surface area contributed by atoms with Crippen molar-refractivity contribution in [1.29, 1.82) is 0 Å². The molecule has 0 saturated heterocycles. The van der Waals surface area contributed by atoms with Crippen molar-refractivity contribution < 1.29 is 10.2 Å². The summed E-state index contributed by atoms with van der Waals surface area (Å²) in [4.78, 5) is 6.58. The highest BCUT2D eigenvalue weighted by Crippen LogP contribution is 2.34. The molecule has 2 aromatic carbocycles. The number of pyridine rings is 1. The Morgan fingerprint density at radius 2 is 1.80 bits per heavy atom. The van der Waals surface area contributed by atoms with Crippen molar-refractivity contribution in [2.24, 2.45) is 0 Å². The van der Waals surface area contributed by atoms with Crippen LogP contribution >= 0.6 is 24.8 Å². The summed E-state index contributed by atoms with van der Waals surface area (Å²) in [6, 6.07) is 17.5. The molecule has 7 heteroatoms. The van der Waals surface area contributed by atoms with Crippen molar-refractivity contribution >= 4 is 35.7 Å². The minimum absolute atomic E-state index is 0. The fourth-order valence-electron chi connectivity index (χ4n) is 5.12. The maximum Gasteiger partial charge on any atom is 0.141 e. The maximum atomic E-state index is 10.6. The van der Waals surface area contributed by atoms with Crippen LogP contribution in [0.2, 0.25) is 0 Å². The third-order valence-electron chi connectivity index (χ3n) is 6.94. The third-order valence-corrected chi connectivity index (χ3v) is 6.94. The number of rotatable bonds is 6. The number of aryl methyl sites for hydroxylation is 4. The van der Waals surface area contributed by atoms with E-state index in [1.54, 1.807) is 13.1 Å². The molecule has 5 nitrogen and oxygen atoms in total. The smallest absolute Gasteiger partial charge is 0.141 e. The fraction of sp³-hybridized carbons (Fsp3) is 0.321. The number of fused-ring (bicyclic) bond motifs is 3. The van der Waals surface area contributed by atoms with Crippen molar-refractivity contribution in [3.05, 3.63) is 93.9 Å². The number of hydrogen-bond acceptors (Lipinski definition) is 4. The predicted molar refractivity (Wildman–Crippen MR) is 146 cm³/mol. The Morgan fingerprint density at radius 3 is 2.54 bits per heavy atom. The van der Waals surface area contributed by atoms with E-state index in [0.717, 1.165) is 38.0 Å². The van der Waals surface area contributed by atoms with Gasteiger partial charge in [0.25, 0.3) is 0 Å². The van der Waals surface area contributed by atoms with Crippen LogP contribution in [0.5, 0.6) is 5.75 Å². The van der Waals surface area contributed by atoms with Crippen LogP contribution in [0, 0.1) is 13.8 Å². The number of nitrogens with zero attached hydrogens (tertiary/aromatic N) is 3. The topological polar surface area (TPSA) is 61.5 Å². The van der Waals surface area contributed by atoms with Crippen molar-refractivity contribution in [3.63, 3.8) is 0 Å². The van der Waals surface area contributed by atoms with Crippen molar-refractivity contribution in [2.45, 2.75) is 52.9 Å². The minimum atomic E-state index is -0.118. The number of aliphatic hydroxyl groups excluding tert-OH is 1. The summed E-state index contributed by atoms with van der Waals surface area (Å²) in [5.74, 6) is 0.202. The Kier molecular flexibility index (Phi) is 8.84. The second-order valence-corrected chi connectivity index (χ2v) is 9.15. The van der Waals surface area contributed by atoms with Gasteiger partial charge in [-0.3, -0.25) is 9.88 Å². The van der Waals surface area contributed by atoms with Gasteiger partial charge in [-0.2, -0.15) is 0 Å². The van der Waals surface area contributed by atoms with Gasteiger partial charge in [0.2, 0.25) is 0 Å². The summed E-state index contributed by atoms with van der Waals surface area (Å²) in [6.07, 6.45) is 3.66. The van der Waals surface area contributed by atoms with E-state index >= 15 is 0 Å². The quantitative estimate of drug-likeness (QED) is 0.357. The molecule has 0 bridgehead atoms. The Hall–Kier alpha value is -2.57. The molecule has 1 aliphatic heterocycles. The Bertz CT molecular complexity index is 1310. The SMILES string of the molecule is Cc1ccc2c(c1)c1c(n2CCc2ccccc2)CCN(Cc2c(CO)cnc(C)c2O)C1.Cl.Cl. The first-order chi connectivity index (χ1) is 16.0. The van der Waals surface area contributed by atoms with Gasteiger partial charge in [-0.25, -0.2) is 0 Å². The fourth-order valence-corrected chi connectivity index (χ4v) is 5.12. The molecular formula is C28H33Cl2N3O2. The van der Waals surface area contributed by atoms with Crippen LogP contribution < -0.4 is 0 Å². The zero-order valence-electron chi connectivity index (χ0n) is 20.2. The molecule has 0 unspecified atom stereocenters. The molecule has 2 aromatic heterocycles. The number of halogens is 2. The lowest BCUT2D eigenvalue weighted by Crippen LogP contribution is -2.31. The van der Waals surface area contributed by atoms with Crippen LogP contribution in [0.25, 0.3) is 10.9 Å². The standard InChI is InChI=1S/C28H31N3O2.2ClH/c1-19-8-9-26-23(14-19)25-17-30(16-24-22(18-32)15-29-20(2)28(24)33)12-11-27(25)31(26)13-10-21-6-4-3-5-7-21;;/h3-9,14-15,32-33H,10-13,16-18H2,1-2H3;2*1H. The molecule has 0 radical (unpaired) electrons. The Morgan fingerprint density at radius 1 is 1.03 bits per heavy atom. The minimum Gasteiger partial charge on any atom is -0.506 e. The lowest BCUT2D eigenvalue weighted by Gasteiger charge is -2.29. The highest BCUT2D eigenvalue weighted by molar-refractivity contribution is 5.86. The third kappa shape index (κ3) is 5.34. The van der Waals surface area contributed by atoms with E-state index in [-0.39, 0.29) is 37.2 Å². The summed E-state index contributed by atoms with van der Waals surface area (Å²) in [5.41, 5.74) is 8.85. The van der Waals surface area contributed by atoms with Crippen molar-refractivity contribution in [3.8, 4) is 5.75 Å².